The van der Waals surface area contributed by atoms with Gasteiger partial charge in [0.15, 0.2) is 0 Å². The summed E-state index contributed by atoms with van der Waals surface area (Å²) in [6.45, 7) is -1.82. The van der Waals surface area contributed by atoms with Gasteiger partial charge in [-0.05, 0) is 19.3 Å². The van der Waals surface area contributed by atoms with E-state index in [2.05, 4.69) is 0 Å². The fraction of sp³-hybridized carbons (Fsp3) is 0.800. The van der Waals surface area contributed by atoms with Gasteiger partial charge in [0.05, 0.1) is 12.1 Å². The highest BCUT2D eigenvalue weighted by molar-refractivity contribution is 5.90. The lowest BCUT2D eigenvalue weighted by molar-refractivity contribution is -0.145. The van der Waals surface area contributed by atoms with Crippen LogP contribution < -0.4 is 11.1 Å². The normalized spacial score (nSPS) is 17.8. The van der Waals surface area contributed by atoms with Crippen molar-refractivity contribution in [2.24, 2.45) is 5.73 Å². The minimum Gasteiger partial charge on any atom is -0.345 e. The van der Waals surface area contributed by atoms with Gasteiger partial charge in [0, 0.05) is 7.05 Å². The number of likely N-dealkylation sites (N-methyl/N-ethyl adjacent to an activating group) is 1. The van der Waals surface area contributed by atoms with E-state index in [1.54, 1.807) is 5.32 Å². The van der Waals surface area contributed by atoms with Gasteiger partial charge in [-0.25, -0.2) is 0 Å². The summed E-state index contributed by atoms with van der Waals surface area (Å²) < 4.78 is 35.5. The summed E-state index contributed by atoms with van der Waals surface area (Å²) in [6.07, 6.45) is -2.53. The lowest BCUT2D eigenvalue weighted by Crippen LogP contribution is -2.59. The molecule has 2 amide bonds. The number of carbonyl (C=O) groups excluding carboxylic acids is 2. The molecule has 0 saturated heterocycles. The van der Waals surface area contributed by atoms with Gasteiger partial charge in [0.1, 0.15) is 6.54 Å². The third kappa shape index (κ3) is 3.86. The number of alkyl halides is 3. The number of hydrogen-bond acceptors (Lipinski definition) is 3. The molecule has 3 N–H and O–H groups in total. The topological polar surface area (TPSA) is 75.4 Å². The van der Waals surface area contributed by atoms with Crippen molar-refractivity contribution < 1.29 is 22.8 Å². The monoisotopic (exact) mass is 267 g/mol. The van der Waals surface area contributed by atoms with Crippen LogP contribution in [0.25, 0.3) is 0 Å². The van der Waals surface area contributed by atoms with Crippen LogP contribution in [-0.2, 0) is 9.59 Å². The highest BCUT2D eigenvalue weighted by atomic mass is 19.4. The van der Waals surface area contributed by atoms with Gasteiger partial charge in [0.2, 0.25) is 11.8 Å². The van der Waals surface area contributed by atoms with Crippen molar-refractivity contribution in [3.63, 3.8) is 0 Å². The van der Waals surface area contributed by atoms with Crippen molar-refractivity contribution in [3.05, 3.63) is 0 Å². The van der Waals surface area contributed by atoms with Crippen LogP contribution in [0.2, 0.25) is 0 Å². The van der Waals surface area contributed by atoms with Gasteiger partial charge in [0.25, 0.3) is 0 Å². The Morgan fingerprint density at radius 1 is 1.39 bits per heavy atom. The Kier molecular flexibility index (Phi) is 4.20. The van der Waals surface area contributed by atoms with Crippen LogP contribution in [0.1, 0.15) is 19.3 Å². The molecule has 104 valence electrons. The summed E-state index contributed by atoms with van der Waals surface area (Å²) in [5.74, 6) is -1.26. The molecule has 0 atom stereocenters. The Hall–Kier alpha value is -1.31. The maximum Gasteiger partial charge on any atom is 0.405 e. The number of hydrogen-bond donors (Lipinski definition) is 2. The summed E-state index contributed by atoms with van der Waals surface area (Å²) in [7, 11) is 1.35. The van der Waals surface area contributed by atoms with Crippen molar-refractivity contribution in [3.8, 4) is 0 Å². The molecule has 0 aliphatic heterocycles. The summed E-state index contributed by atoms with van der Waals surface area (Å²) >= 11 is 0. The quantitative estimate of drug-likeness (QED) is 0.753. The molecule has 8 heteroatoms. The molecule has 1 aliphatic carbocycles. The van der Waals surface area contributed by atoms with Crippen LogP contribution in [0.4, 0.5) is 13.2 Å². The second kappa shape index (κ2) is 5.13. The number of nitrogens with zero attached hydrogens (tertiary/aromatic N) is 1. The maximum absolute atomic E-state index is 11.8. The molecule has 5 nitrogen and oxygen atoms in total. The van der Waals surface area contributed by atoms with Gasteiger partial charge in [-0.2, -0.15) is 13.2 Å². The van der Waals surface area contributed by atoms with Crippen LogP contribution >= 0.6 is 0 Å². The number of halogens is 3. The predicted octanol–water partition coefficient (Wildman–Crippen LogP) is 0.00470. The average Bonchev–Trinajstić information content (AvgIpc) is 2.21. The molecule has 1 rings (SSSR count). The fourth-order valence-electron chi connectivity index (χ4n) is 1.69. The first kappa shape index (κ1) is 14.7. The van der Waals surface area contributed by atoms with E-state index in [-0.39, 0.29) is 0 Å². The van der Waals surface area contributed by atoms with Crippen LogP contribution in [0.15, 0.2) is 0 Å². The Balaban J connectivity index is 2.37. The number of rotatable bonds is 4. The van der Waals surface area contributed by atoms with E-state index in [4.69, 9.17) is 5.73 Å². The fourth-order valence-corrected chi connectivity index (χ4v) is 1.69. The lowest BCUT2D eigenvalue weighted by Gasteiger charge is -2.39. The Bertz CT molecular complexity index is 340. The molecule has 18 heavy (non-hydrogen) atoms. The van der Waals surface area contributed by atoms with Crippen molar-refractivity contribution in [2.75, 3.05) is 20.1 Å². The van der Waals surface area contributed by atoms with Crippen molar-refractivity contribution >= 4 is 11.8 Å². The molecule has 0 aromatic carbocycles. The molecule has 0 heterocycles. The summed E-state index contributed by atoms with van der Waals surface area (Å²) in [4.78, 5) is 24.0. The predicted molar refractivity (Wildman–Crippen MR) is 57.5 cm³/mol. The molecular weight excluding hydrogens is 251 g/mol. The largest absolute Gasteiger partial charge is 0.405 e. The molecule has 0 aromatic rings. The lowest BCUT2D eigenvalue weighted by atomic mass is 9.76. The zero-order chi connectivity index (χ0) is 14.0. The van der Waals surface area contributed by atoms with Crippen LogP contribution in [-0.4, -0.2) is 48.6 Å². The molecule has 0 aromatic heterocycles. The van der Waals surface area contributed by atoms with Crippen molar-refractivity contribution in [2.45, 2.75) is 31.0 Å². The second-order valence-electron chi connectivity index (χ2n) is 4.56. The van der Waals surface area contributed by atoms with Crippen molar-refractivity contribution in [1.82, 2.24) is 10.2 Å². The molecule has 0 radical (unpaired) electrons. The number of nitrogens with two attached hydrogens (primary N) is 1. The molecule has 0 unspecified atom stereocenters. The third-order valence-corrected chi connectivity index (χ3v) is 2.89. The van der Waals surface area contributed by atoms with Gasteiger partial charge < -0.3 is 16.0 Å². The summed E-state index contributed by atoms with van der Waals surface area (Å²) in [6, 6.07) is 0. The first-order valence-corrected chi connectivity index (χ1v) is 5.52. The number of carbonyl (C=O) groups is 2. The van der Waals surface area contributed by atoms with Crippen LogP contribution in [0.5, 0.6) is 0 Å². The minimum absolute atomic E-state index is 0.407. The van der Waals surface area contributed by atoms with E-state index in [9.17, 15) is 22.8 Å². The van der Waals surface area contributed by atoms with Gasteiger partial charge >= 0.3 is 6.18 Å². The van der Waals surface area contributed by atoms with E-state index < -0.39 is 36.6 Å². The zero-order valence-corrected chi connectivity index (χ0v) is 10.0. The third-order valence-electron chi connectivity index (χ3n) is 2.89. The Morgan fingerprint density at radius 2 is 1.94 bits per heavy atom. The van der Waals surface area contributed by atoms with Gasteiger partial charge in [-0.3, -0.25) is 9.59 Å². The molecule has 0 spiro atoms. The van der Waals surface area contributed by atoms with E-state index in [1.807, 2.05) is 0 Å². The first-order chi connectivity index (χ1) is 8.14. The molecule has 1 fully saturated rings. The van der Waals surface area contributed by atoms with E-state index >= 15 is 0 Å². The number of nitrogens with one attached hydrogen (secondary N) is 1. The van der Waals surface area contributed by atoms with E-state index in [0.29, 0.717) is 12.8 Å². The zero-order valence-electron chi connectivity index (χ0n) is 10.0. The van der Waals surface area contributed by atoms with E-state index in [0.717, 1.165) is 11.3 Å². The minimum atomic E-state index is -4.46. The SMILES string of the molecule is CN(CC(=O)NCC(F)(F)F)C(=O)C1(N)CCC1. The van der Waals surface area contributed by atoms with Crippen LogP contribution in [0.3, 0.4) is 0 Å². The van der Waals surface area contributed by atoms with Gasteiger partial charge in [-0.15, -0.1) is 0 Å². The first-order valence-electron chi connectivity index (χ1n) is 5.52. The highest BCUT2D eigenvalue weighted by Crippen LogP contribution is 2.30. The highest BCUT2D eigenvalue weighted by Gasteiger charge is 2.42. The van der Waals surface area contributed by atoms with Crippen molar-refractivity contribution in [1.29, 1.82) is 0 Å². The smallest absolute Gasteiger partial charge is 0.345 e. The maximum atomic E-state index is 11.8. The summed E-state index contributed by atoms with van der Waals surface area (Å²) in [5.41, 5.74) is 4.82. The molecule has 0 bridgehead atoms. The molecular formula is C10H16F3N3O2. The Morgan fingerprint density at radius 3 is 2.33 bits per heavy atom. The summed E-state index contributed by atoms with van der Waals surface area (Å²) in [5, 5.41) is 1.70. The van der Waals surface area contributed by atoms with Crippen LogP contribution in [0, 0.1) is 0 Å². The molecule has 1 aliphatic rings. The molecule has 1 saturated carbocycles. The second-order valence-corrected chi connectivity index (χ2v) is 4.56. The Labute approximate surface area is 102 Å². The standard InChI is InChI=1S/C10H16F3N3O2/c1-16(8(18)9(14)3-2-4-9)5-7(17)15-6-10(11,12)13/h2-6,14H2,1H3,(H,15,17). The average molecular weight is 267 g/mol. The van der Waals surface area contributed by atoms with Gasteiger partial charge in [-0.1, -0.05) is 0 Å². The number of amides is 2. The van der Waals surface area contributed by atoms with E-state index in [1.165, 1.54) is 7.05 Å².